The van der Waals surface area contributed by atoms with Gasteiger partial charge < -0.3 is 9.80 Å². The van der Waals surface area contributed by atoms with Crippen LogP contribution < -0.4 is 0 Å². The van der Waals surface area contributed by atoms with Gasteiger partial charge in [-0.25, -0.2) is 0 Å². The average Bonchev–Trinajstić information content (AvgIpc) is 2.77. The SMILES string of the molecule is CC(=O)N1C[C@H]2CC[C@@H](C1)N(C(=O)c1cc(C)nc(C)c1)C2. The standard InChI is InChI=1S/C17H23N3O2/c1-11-6-15(7-12(2)18-11)17(22)20-9-14-4-5-16(20)10-19(8-14)13(3)21/h6-7,14,16H,4-5,8-10H2,1-3H3/t14-,16+/m1/s1. The Bertz CT molecular complexity index is 594. The highest BCUT2D eigenvalue weighted by atomic mass is 16.2. The average molecular weight is 301 g/mol. The van der Waals surface area contributed by atoms with Crippen molar-refractivity contribution in [2.45, 2.75) is 39.7 Å². The summed E-state index contributed by atoms with van der Waals surface area (Å²) in [5, 5.41) is 0. The molecule has 5 nitrogen and oxygen atoms in total. The van der Waals surface area contributed by atoms with Gasteiger partial charge in [0.2, 0.25) is 5.91 Å². The molecule has 2 bridgehead atoms. The van der Waals surface area contributed by atoms with Gasteiger partial charge >= 0.3 is 0 Å². The van der Waals surface area contributed by atoms with Crippen LogP contribution >= 0.6 is 0 Å². The second-order valence-electron chi connectivity index (χ2n) is 6.62. The zero-order chi connectivity index (χ0) is 15.9. The summed E-state index contributed by atoms with van der Waals surface area (Å²) in [5.74, 6) is 0.589. The normalized spacial score (nSPS) is 24.3. The quantitative estimate of drug-likeness (QED) is 0.794. The minimum Gasteiger partial charge on any atom is -0.341 e. The van der Waals surface area contributed by atoms with E-state index in [1.807, 2.05) is 35.8 Å². The van der Waals surface area contributed by atoms with E-state index in [-0.39, 0.29) is 17.9 Å². The summed E-state index contributed by atoms with van der Waals surface area (Å²) in [6, 6.07) is 3.86. The molecule has 2 atom stereocenters. The first-order chi connectivity index (χ1) is 10.4. The summed E-state index contributed by atoms with van der Waals surface area (Å²) in [7, 11) is 0. The topological polar surface area (TPSA) is 53.5 Å². The van der Waals surface area contributed by atoms with E-state index < -0.39 is 0 Å². The predicted octanol–water partition coefficient (Wildman–Crippen LogP) is 1.78. The summed E-state index contributed by atoms with van der Waals surface area (Å²) >= 11 is 0. The Balaban J connectivity index is 1.85. The maximum absolute atomic E-state index is 12.9. The molecule has 0 radical (unpaired) electrons. The lowest BCUT2D eigenvalue weighted by molar-refractivity contribution is -0.129. The Kier molecular flexibility index (Phi) is 3.89. The van der Waals surface area contributed by atoms with Crippen LogP contribution in [0, 0.1) is 19.8 Å². The molecule has 0 spiro atoms. The number of fused-ring (bicyclic) bond motifs is 4. The van der Waals surface area contributed by atoms with Crippen LogP contribution in [0.25, 0.3) is 0 Å². The lowest BCUT2D eigenvalue weighted by Gasteiger charge is -2.36. The molecule has 0 aliphatic carbocycles. The van der Waals surface area contributed by atoms with Gasteiger partial charge in [-0.1, -0.05) is 0 Å². The van der Waals surface area contributed by atoms with Crippen molar-refractivity contribution < 1.29 is 9.59 Å². The van der Waals surface area contributed by atoms with E-state index in [0.29, 0.717) is 18.0 Å². The largest absolute Gasteiger partial charge is 0.341 e. The summed E-state index contributed by atoms with van der Waals surface area (Å²) in [5.41, 5.74) is 2.45. The molecule has 1 aromatic rings. The van der Waals surface area contributed by atoms with Crippen molar-refractivity contribution in [2.75, 3.05) is 19.6 Å². The molecule has 2 amide bonds. The molecule has 4 heterocycles. The van der Waals surface area contributed by atoms with Crippen molar-refractivity contribution in [2.24, 2.45) is 5.92 Å². The number of piperidine rings is 1. The molecule has 0 saturated carbocycles. The van der Waals surface area contributed by atoms with Gasteiger partial charge in [-0.15, -0.1) is 0 Å². The van der Waals surface area contributed by atoms with Crippen LogP contribution in [0.4, 0.5) is 0 Å². The highest BCUT2D eigenvalue weighted by Crippen LogP contribution is 2.29. The van der Waals surface area contributed by atoms with Gasteiger partial charge in [0.05, 0.1) is 0 Å². The zero-order valence-electron chi connectivity index (χ0n) is 13.5. The van der Waals surface area contributed by atoms with Gasteiger partial charge in [-0.05, 0) is 44.7 Å². The second-order valence-corrected chi connectivity index (χ2v) is 6.62. The number of aromatic nitrogens is 1. The van der Waals surface area contributed by atoms with Crippen LogP contribution in [0.3, 0.4) is 0 Å². The molecule has 0 N–H and O–H groups in total. The van der Waals surface area contributed by atoms with Gasteiger partial charge in [0.25, 0.3) is 5.91 Å². The molecule has 3 aliphatic rings. The lowest BCUT2D eigenvalue weighted by atomic mass is 9.94. The summed E-state index contributed by atoms with van der Waals surface area (Å²) in [4.78, 5) is 32.9. The molecule has 4 rings (SSSR count). The van der Waals surface area contributed by atoms with Gasteiger partial charge in [0.15, 0.2) is 0 Å². The Morgan fingerprint density at radius 3 is 2.41 bits per heavy atom. The van der Waals surface area contributed by atoms with Gasteiger partial charge in [0.1, 0.15) is 0 Å². The second kappa shape index (κ2) is 5.71. The van der Waals surface area contributed by atoms with E-state index in [4.69, 9.17) is 0 Å². The van der Waals surface area contributed by atoms with Crippen LogP contribution in [0.1, 0.15) is 41.5 Å². The van der Waals surface area contributed by atoms with Crippen molar-refractivity contribution in [3.8, 4) is 0 Å². The fraction of sp³-hybridized carbons (Fsp3) is 0.588. The maximum atomic E-state index is 12.9. The number of carbonyl (C=O) groups excluding carboxylic acids is 2. The molecular formula is C17H23N3O2. The monoisotopic (exact) mass is 301 g/mol. The molecule has 0 unspecified atom stereocenters. The van der Waals surface area contributed by atoms with Crippen LogP contribution in [0.2, 0.25) is 0 Å². The molecule has 118 valence electrons. The van der Waals surface area contributed by atoms with E-state index >= 15 is 0 Å². The summed E-state index contributed by atoms with van der Waals surface area (Å²) in [6.07, 6.45) is 2.09. The molecule has 0 aromatic carbocycles. The first-order valence-electron chi connectivity index (χ1n) is 7.96. The Morgan fingerprint density at radius 1 is 1.09 bits per heavy atom. The Morgan fingerprint density at radius 2 is 1.77 bits per heavy atom. The number of hydrogen-bond donors (Lipinski definition) is 0. The lowest BCUT2D eigenvalue weighted by Crippen LogP contribution is -2.47. The minimum atomic E-state index is 0.0775. The van der Waals surface area contributed by atoms with Crippen molar-refractivity contribution in [3.05, 3.63) is 29.1 Å². The number of carbonyl (C=O) groups is 2. The van der Waals surface area contributed by atoms with Crippen LogP contribution in [-0.2, 0) is 4.79 Å². The highest BCUT2D eigenvalue weighted by molar-refractivity contribution is 5.94. The van der Waals surface area contributed by atoms with E-state index in [2.05, 4.69) is 4.98 Å². The van der Waals surface area contributed by atoms with Gasteiger partial charge in [-0.3, -0.25) is 14.6 Å². The van der Waals surface area contributed by atoms with Crippen LogP contribution in [-0.4, -0.2) is 52.3 Å². The molecule has 3 aliphatic heterocycles. The maximum Gasteiger partial charge on any atom is 0.254 e. The number of nitrogens with zero attached hydrogens (tertiary/aromatic N) is 3. The number of amides is 2. The van der Waals surface area contributed by atoms with E-state index in [9.17, 15) is 9.59 Å². The Hall–Kier alpha value is -1.91. The third-order valence-corrected chi connectivity index (χ3v) is 4.75. The minimum absolute atomic E-state index is 0.0775. The third-order valence-electron chi connectivity index (χ3n) is 4.75. The summed E-state index contributed by atoms with van der Waals surface area (Å²) in [6.45, 7) is 7.65. The Labute approximate surface area is 131 Å². The van der Waals surface area contributed by atoms with Gasteiger partial charge in [0, 0.05) is 49.6 Å². The molecule has 22 heavy (non-hydrogen) atoms. The highest BCUT2D eigenvalue weighted by Gasteiger charge is 2.38. The molecule has 1 aromatic heterocycles. The molecular weight excluding hydrogens is 278 g/mol. The zero-order valence-corrected chi connectivity index (χ0v) is 13.5. The van der Waals surface area contributed by atoms with Gasteiger partial charge in [-0.2, -0.15) is 0 Å². The fourth-order valence-corrected chi connectivity index (χ4v) is 3.71. The van der Waals surface area contributed by atoms with E-state index in [1.54, 1.807) is 6.92 Å². The van der Waals surface area contributed by atoms with Crippen LogP contribution in [0.15, 0.2) is 12.1 Å². The fourth-order valence-electron chi connectivity index (χ4n) is 3.71. The first kappa shape index (κ1) is 15.0. The molecule has 3 saturated heterocycles. The van der Waals surface area contributed by atoms with Crippen molar-refractivity contribution in [3.63, 3.8) is 0 Å². The number of hydrogen-bond acceptors (Lipinski definition) is 3. The predicted molar refractivity (Wildman–Crippen MR) is 83.5 cm³/mol. The number of pyridine rings is 1. The van der Waals surface area contributed by atoms with Crippen molar-refractivity contribution in [1.29, 1.82) is 0 Å². The first-order valence-corrected chi connectivity index (χ1v) is 7.96. The van der Waals surface area contributed by atoms with E-state index in [1.165, 1.54) is 0 Å². The van der Waals surface area contributed by atoms with Crippen molar-refractivity contribution in [1.82, 2.24) is 14.8 Å². The van der Waals surface area contributed by atoms with Crippen molar-refractivity contribution >= 4 is 11.8 Å². The summed E-state index contributed by atoms with van der Waals surface area (Å²) < 4.78 is 0. The number of aryl methyl sites for hydroxylation is 2. The molecule has 5 heteroatoms. The molecule has 3 fully saturated rings. The number of rotatable bonds is 1. The van der Waals surface area contributed by atoms with E-state index in [0.717, 1.165) is 37.3 Å². The van der Waals surface area contributed by atoms with Crippen LogP contribution in [0.5, 0.6) is 0 Å². The smallest absolute Gasteiger partial charge is 0.254 e. The third kappa shape index (κ3) is 2.85.